The summed E-state index contributed by atoms with van der Waals surface area (Å²) in [6.45, 7) is 5.11. The maximum atomic E-state index is 8.70. The van der Waals surface area contributed by atoms with Crippen LogP contribution in [-0.4, -0.2) is 11.7 Å². The molecule has 0 saturated heterocycles. The first-order chi connectivity index (χ1) is 10.3. The smallest absolute Gasteiger partial charge is 0.0431 e. The van der Waals surface area contributed by atoms with E-state index in [9.17, 15) is 0 Å². The Kier molecular flexibility index (Phi) is 18.0. The van der Waals surface area contributed by atoms with Gasteiger partial charge in [0.15, 0.2) is 0 Å². The Morgan fingerprint density at radius 3 is 1.38 bits per heavy atom. The lowest BCUT2D eigenvalue weighted by Gasteiger charge is -2.10. The van der Waals surface area contributed by atoms with Crippen molar-refractivity contribution in [2.45, 2.75) is 117 Å². The predicted molar refractivity (Wildman–Crippen MR) is 95.8 cm³/mol. The molecular formula is C20H42O. The number of aliphatic hydroxyl groups excluding tert-OH is 1. The highest BCUT2D eigenvalue weighted by Crippen LogP contribution is 2.18. The largest absolute Gasteiger partial charge is 0.396 e. The summed E-state index contributed by atoms with van der Waals surface area (Å²) in [5.41, 5.74) is 0. The van der Waals surface area contributed by atoms with Crippen LogP contribution in [0.3, 0.4) is 0 Å². The van der Waals surface area contributed by atoms with Gasteiger partial charge in [0.25, 0.3) is 0 Å². The molecule has 1 N–H and O–H groups in total. The van der Waals surface area contributed by atoms with E-state index in [1.54, 1.807) is 0 Å². The minimum absolute atomic E-state index is 0.372. The van der Waals surface area contributed by atoms with Crippen LogP contribution in [0.15, 0.2) is 0 Å². The van der Waals surface area contributed by atoms with Crippen LogP contribution in [0.4, 0.5) is 0 Å². The second-order valence-electron chi connectivity index (χ2n) is 7.00. The zero-order valence-corrected chi connectivity index (χ0v) is 15.0. The van der Waals surface area contributed by atoms with Crippen molar-refractivity contribution in [2.75, 3.05) is 6.61 Å². The molecule has 0 spiro atoms. The minimum atomic E-state index is 0.372. The Labute approximate surface area is 134 Å². The molecule has 0 aromatic heterocycles. The van der Waals surface area contributed by atoms with Gasteiger partial charge >= 0.3 is 0 Å². The molecule has 0 aromatic rings. The molecule has 0 heterocycles. The van der Waals surface area contributed by atoms with Gasteiger partial charge in [-0.1, -0.05) is 110 Å². The quantitative estimate of drug-likeness (QED) is 0.290. The Bertz CT molecular complexity index is 179. The second-order valence-corrected chi connectivity index (χ2v) is 7.00. The van der Waals surface area contributed by atoms with E-state index in [-0.39, 0.29) is 0 Å². The highest BCUT2D eigenvalue weighted by Gasteiger charge is 2.01. The van der Waals surface area contributed by atoms with E-state index >= 15 is 0 Å². The van der Waals surface area contributed by atoms with Gasteiger partial charge in [-0.25, -0.2) is 0 Å². The normalized spacial score (nSPS) is 12.7. The predicted octanol–water partition coefficient (Wildman–Crippen LogP) is 6.88. The molecule has 0 aliphatic carbocycles. The lowest BCUT2D eigenvalue weighted by Crippen LogP contribution is -1.95. The molecule has 0 fully saturated rings. The van der Waals surface area contributed by atoms with Crippen LogP contribution in [0.25, 0.3) is 0 Å². The molecule has 0 saturated carbocycles. The second kappa shape index (κ2) is 18.0. The molecule has 0 aliphatic rings. The third kappa shape index (κ3) is 17.9. The van der Waals surface area contributed by atoms with Crippen LogP contribution in [-0.2, 0) is 0 Å². The van der Waals surface area contributed by atoms with Gasteiger partial charge < -0.3 is 5.11 Å². The zero-order chi connectivity index (χ0) is 15.6. The first kappa shape index (κ1) is 21.0. The lowest BCUT2D eigenvalue weighted by atomic mass is 9.96. The topological polar surface area (TPSA) is 20.2 Å². The van der Waals surface area contributed by atoms with Gasteiger partial charge in [0.05, 0.1) is 0 Å². The van der Waals surface area contributed by atoms with Crippen molar-refractivity contribution in [2.24, 2.45) is 5.92 Å². The standard InChI is InChI=1S/C20H42O/c1-3-4-5-14-17-20(2)18-15-12-10-8-6-7-9-11-13-16-19-21/h20-21H,3-19H2,1-2H3. The van der Waals surface area contributed by atoms with E-state index in [4.69, 9.17) is 5.11 Å². The van der Waals surface area contributed by atoms with E-state index in [0.29, 0.717) is 6.61 Å². The molecule has 0 bridgehead atoms. The number of unbranched alkanes of at least 4 members (excludes halogenated alkanes) is 12. The van der Waals surface area contributed by atoms with E-state index in [2.05, 4.69) is 13.8 Å². The van der Waals surface area contributed by atoms with Crippen molar-refractivity contribution in [3.05, 3.63) is 0 Å². The van der Waals surface area contributed by atoms with Crippen LogP contribution in [0.1, 0.15) is 117 Å². The summed E-state index contributed by atoms with van der Waals surface area (Å²) in [5, 5.41) is 8.70. The monoisotopic (exact) mass is 298 g/mol. The maximum absolute atomic E-state index is 8.70. The van der Waals surface area contributed by atoms with Gasteiger partial charge in [-0.15, -0.1) is 0 Å². The Balaban J connectivity index is 3.07. The average molecular weight is 299 g/mol. The van der Waals surface area contributed by atoms with E-state index in [1.807, 2.05) is 0 Å². The molecule has 1 heteroatoms. The van der Waals surface area contributed by atoms with Gasteiger partial charge in [-0.05, 0) is 12.3 Å². The molecule has 0 aliphatic heterocycles. The van der Waals surface area contributed by atoms with Crippen molar-refractivity contribution >= 4 is 0 Å². The fourth-order valence-electron chi connectivity index (χ4n) is 3.08. The Morgan fingerprint density at radius 2 is 0.952 bits per heavy atom. The fraction of sp³-hybridized carbons (Fsp3) is 1.00. The van der Waals surface area contributed by atoms with Gasteiger partial charge in [0, 0.05) is 6.61 Å². The van der Waals surface area contributed by atoms with Gasteiger partial charge in [0.2, 0.25) is 0 Å². The Morgan fingerprint density at radius 1 is 0.571 bits per heavy atom. The summed E-state index contributed by atoms with van der Waals surface area (Å²) < 4.78 is 0. The third-order valence-corrected chi connectivity index (χ3v) is 4.66. The molecule has 128 valence electrons. The molecule has 1 nitrogen and oxygen atoms in total. The van der Waals surface area contributed by atoms with Crippen LogP contribution in [0.2, 0.25) is 0 Å². The van der Waals surface area contributed by atoms with E-state index in [0.717, 1.165) is 12.3 Å². The third-order valence-electron chi connectivity index (χ3n) is 4.66. The highest BCUT2D eigenvalue weighted by atomic mass is 16.2. The summed E-state index contributed by atoms with van der Waals surface area (Å²) in [4.78, 5) is 0. The van der Waals surface area contributed by atoms with E-state index in [1.165, 1.54) is 96.3 Å². The van der Waals surface area contributed by atoms with Crippen LogP contribution < -0.4 is 0 Å². The number of aliphatic hydroxyl groups is 1. The van der Waals surface area contributed by atoms with E-state index < -0.39 is 0 Å². The summed E-state index contributed by atoms with van der Waals surface area (Å²) in [6.07, 6.45) is 22.1. The Hall–Kier alpha value is -0.0400. The van der Waals surface area contributed by atoms with Gasteiger partial charge in [-0.2, -0.15) is 0 Å². The number of hydrogen-bond donors (Lipinski definition) is 1. The molecule has 1 unspecified atom stereocenters. The highest BCUT2D eigenvalue weighted by molar-refractivity contribution is 4.55. The summed E-state index contributed by atoms with van der Waals surface area (Å²) in [7, 11) is 0. The summed E-state index contributed by atoms with van der Waals surface area (Å²) in [6, 6.07) is 0. The summed E-state index contributed by atoms with van der Waals surface area (Å²) >= 11 is 0. The number of hydrogen-bond acceptors (Lipinski definition) is 1. The van der Waals surface area contributed by atoms with Crippen molar-refractivity contribution in [3.63, 3.8) is 0 Å². The van der Waals surface area contributed by atoms with Crippen molar-refractivity contribution < 1.29 is 5.11 Å². The maximum Gasteiger partial charge on any atom is 0.0431 e. The van der Waals surface area contributed by atoms with Gasteiger partial charge in [0.1, 0.15) is 0 Å². The minimum Gasteiger partial charge on any atom is -0.396 e. The lowest BCUT2D eigenvalue weighted by molar-refractivity contribution is 0.282. The molecule has 0 amide bonds. The molecule has 1 atom stereocenters. The first-order valence-electron chi connectivity index (χ1n) is 9.92. The van der Waals surface area contributed by atoms with Gasteiger partial charge in [-0.3, -0.25) is 0 Å². The number of rotatable bonds is 17. The van der Waals surface area contributed by atoms with Crippen LogP contribution in [0.5, 0.6) is 0 Å². The fourth-order valence-corrected chi connectivity index (χ4v) is 3.08. The molecule has 0 radical (unpaired) electrons. The summed E-state index contributed by atoms with van der Waals surface area (Å²) in [5.74, 6) is 0.952. The molecule has 0 rings (SSSR count). The van der Waals surface area contributed by atoms with Crippen molar-refractivity contribution in [1.82, 2.24) is 0 Å². The molecule has 21 heavy (non-hydrogen) atoms. The SMILES string of the molecule is CCCCCCC(C)CCCCCCCCCCCCO. The van der Waals surface area contributed by atoms with Crippen LogP contribution >= 0.6 is 0 Å². The zero-order valence-electron chi connectivity index (χ0n) is 15.0. The van der Waals surface area contributed by atoms with Crippen LogP contribution in [0, 0.1) is 5.92 Å². The molecule has 0 aromatic carbocycles. The molecular weight excluding hydrogens is 256 g/mol. The average Bonchev–Trinajstić information content (AvgIpc) is 2.49. The first-order valence-corrected chi connectivity index (χ1v) is 9.92. The van der Waals surface area contributed by atoms with Crippen molar-refractivity contribution in [1.29, 1.82) is 0 Å². The van der Waals surface area contributed by atoms with Crippen molar-refractivity contribution in [3.8, 4) is 0 Å².